The minimum absolute atomic E-state index is 0.350. The van der Waals surface area contributed by atoms with Crippen molar-refractivity contribution in [2.24, 2.45) is 0 Å². The van der Waals surface area contributed by atoms with Crippen molar-refractivity contribution < 1.29 is 69.7 Å². The fraction of sp³-hybridized carbons (Fsp3) is 0.933. The van der Waals surface area contributed by atoms with Crippen LogP contribution in [0.2, 0.25) is 0 Å². The lowest BCUT2D eigenvalue weighted by atomic mass is 10.0. The second-order valence-corrected chi connectivity index (χ2v) is 6.72. The monoisotopic (exact) mass is 429 g/mol. The second-order valence-electron chi connectivity index (χ2n) is 6.72. The van der Waals surface area contributed by atoms with Gasteiger partial charge in [0.1, 0.15) is 54.9 Å². The van der Waals surface area contributed by atoms with E-state index < -0.39 is 86.7 Å². The van der Waals surface area contributed by atoms with Gasteiger partial charge in [-0.2, -0.15) is 0 Å². The molecule has 14 heteroatoms. The maximum Gasteiger partial charge on any atom is 0.186 e. The van der Waals surface area contributed by atoms with Crippen molar-refractivity contribution >= 4 is 5.97 Å². The normalized spacial score (nSPS) is 41.5. The summed E-state index contributed by atoms with van der Waals surface area (Å²) in [6.45, 7) is -1.75. The summed E-state index contributed by atoms with van der Waals surface area (Å²) in [5, 5.41) is 88.1. The molecule has 14 nitrogen and oxygen atoms in total. The Labute approximate surface area is 164 Å². The number of aliphatic carboxylic acids is 1. The lowest BCUT2D eigenvalue weighted by Crippen LogP contribution is -2.60. The van der Waals surface area contributed by atoms with E-state index in [1.807, 2.05) is 0 Å². The first-order valence-corrected chi connectivity index (χ1v) is 8.70. The van der Waals surface area contributed by atoms with Gasteiger partial charge in [0.15, 0.2) is 12.6 Å². The first-order chi connectivity index (χ1) is 13.6. The zero-order valence-electron chi connectivity index (χ0n) is 15.0. The van der Waals surface area contributed by atoms with Crippen LogP contribution in [0.5, 0.6) is 0 Å². The summed E-state index contributed by atoms with van der Waals surface area (Å²) in [5.74, 6) is -2.02. The molecule has 170 valence electrons. The highest BCUT2D eigenvalue weighted by molar-refractivity contribution is 5.70. The number of hydrogen-bond acceptors (Lipinski definition) is 14. The van der Waals surface area contributed by atoms with Crippen LogP contribution in [0.3, 0.4) is 0 Å². The molecule has 2 aliphatic heterocycles. The lowest BCUT2D eigenvalue weighted by Gasteiger charge is -2.42. The van der Waals surface area contributed by atoms with Gasteiger partial charge in [0.2, 0.25) is 0 Å². The topological polar surface area (TPSA) is 239 Å². The van der Waals surface area contributed by atoms with Gasteiger partial charge in [-0.25, -0.2) is 0 Å². The molecule has 2 fully saturated rings. The quantitative estimate of drug-likeness (QED) is 0.179. The van der Waals surface area contributed by atoms with Gasteiger partial charge < -0.3 is 69.7 Å². The molecule has 8 N–H and O–H groups in total. The molecule has 2 saturated heterocycles. The van der Waals surface area contributed by atoms with Gasteiger partial charge in [-0.15, -0.1) is 0 Å². The SMILES string of the molecule is O=C([O-])[C@H](O)[C@@H](O)[C@@H](CO)O[C@@H]1OC[C@@H](O[C@@H]2OC[C@@H](O)[C@H](O)[C@H]2O)[C@H](O)[C@H]1O. The minimum Gasteiger partial charge on any atom is -0.547 e. The Kier molecular flexibility index (Phi) is 8.65. The molecule has 0 bridgehead atoms. The zero-order chi connectivity index (χ0) is 21.9. The molecule has 11 atom stereocenters. The minimum atomic E-state index is -2.39. The smallest absolute Gasteiger partial charge is 0.186 e. The van der Waals surface area contributed by atoms with Crippen LogP contribution in [-0.2, 0) is 23.7 Å². The summed E-state index contributed by atoms with van der Waals surface area (Å²) >= 11 is 0. The van der Waals surface area contributed by atoms with Gasteiger partial charge in [-0.3, -0.25) is 0 Å². The average molecular weight is 429 g/mol. The molecule has 0 radical (unpaired) electrons. The van der Waals surface area contributed by atoms with E-state index in [4.69, 9.17) is 18.9 Å². The molecular formula is C15H25O14-. The Balaban J connectivity index is 1.94. The average Bonchev–Trinajstić information content (AvgIpc) is 2.69. The molecule has 0 amide bonds. The molecule has 0 aromatic heterocycles. The molecule has 2 aliphatic rings. The third-order valence-electron chi connectivity index (χ3n) is 4.63. The molecule has 29 heavy (non-hydrogen) atoms. The van der Waals surface area contributed by atoms with Gasteiger partial charge in [0.05, 0.1) is 25.8 Å². The van der Waals surface area contributed by atoms with Crippen LogP contribution in [0.1, 0.15) is 0 Å². The third-order valence-corrected chi connectivity index (χ3v) is 4.63. The van der Waals surface area contributed by atoms with Crippen molar-refractivity contribution in [2.45, 2.75) is 67.5 Å². The van der Waals surface area contributed by atoms with Crippen molar-refractivity contribution in [1.29, 1.82) is 0 Å². The molecule has 0 unspecified atom stereocenters. The number of carboxylic acid groups (broad SMARTS) is 1. The maximum atomic E-state index is 10.6. The van der Waals surface area contributed by atoms with E-state index in [0.29, 0.717) is 0 Å². The number of hydrogen-bond donors (Lipinski definition) is 8. The van der Waals surface area contributed by atoms with E-state index >= 15 is 0 Å². The van der Waals surface area contributed by atoms with Crippen molar-refractivity contribution in [1.82, 2.24) is 0 Å². The van der Waals surface area contributed by atoms with E-state index in [0.717, 1.165) is 0 Å². The Hall–Kier alpha value is -1.01. The van der Waals surface area contributed by atoms with E-state index in [2.05, 4.69) is 0 Å². The number of carboxylic acids is 1. The van der Waals surface area contributed by atoms with Crippen molar-refractivity contribution in [3.05, 3.63) is 0 Å². The summed E-state index contributed by atoms with van der Waals surface area (Å²) in [6.07, 6.45) is -18.6. The Morgan fingerprint density at radius 3 is 2.14 bits per heavy atom. The standard InChI is InChI=1S/C15H26O14/c16-1-5(8(19)10(21)13(24)25)28-15-12(23)9(20)6(3-27-15)29-14-11(22)7(18)4(17)2-26-14/h4-12,14-23H,1-3H2,(H,24,25)/p-1/t4-,5-,6-,7+,8+,9+,10-,11-,12-,14+,15+/m1/s1. The molecule has 2 heterocycles. The predicted molar refractivity (Wildman–Crippen MR) is 83.4 cm³/mol. The van der Waals surface area contributed by atoms with Crippen LogP contribution in [-0.4, -0.2) is 134 Å². The fourth-order valence-electron chi connectivity index (χ4n) is 2.83. The lowest BCUT2D eigenvalue weighted by molar-refractivity contribution is -0.340. The van der Waals surface area contributed by atoms with Crippen molar-refractivity contribution in [3.63, 3.8) is 0 Å². The van der Waals surface area contributed by atoms with Gasteiger partial charge in [0, 0.05) is 0 Å². The van der Waals surface area contributed by atoms with E-state index in [1.165, 1.54) is 0 Å². The second kappa shape index (κ2) is 10.3. The molecule has 0 spiro atoms. The highest BCUT2D eigenvalue weighted by Gasteiger charge is 2.46. The number of carbonyl (C=O) groups is 1. The van der Waals surface area contributed by atoms with E-state index in [9.17, 15) is 50.8 Å². The van der Waals surface area contributed by atoms with Crippen LogP contribution in [0.15, 0.2) is 0 Å². The van der Waals surface area contributed by atoms with E-state index in [-0.39, 0.29) is 6.61 Å². The Morgan fingerprint density at radius 1 is 0.966 bits per heavy atom. The Morgan fingerprint density at radius 2 is 1.55 bits per heavy atom. The first-order valence-electron chi connectivity index (χ1n) is 8.70. The largest absolute Gasteiger partial charge is 0.547 e. The molecule has 0 aliphatic carbocycles. The number of aliphatic hydroxyl groups is 8. The molecule has 0 aromatic rings. The van der Waals surface area contributed by atoms with Gasteiger partial charge in [-0.1, -0.05) is 0 Å². The molecule has 2 rings (SSSR count). The highest BCUT2D eigenvalue weighted by Crippen LogP contribution is 2.25. The summed E-state index contributed by atoms with van der Waals surface area (Å²) in [5.41, 5.74) is 0. The fourth-order valence-corrected chi connectivity index (χ4v) is 2.83. The summed E-state index contributed by atoms with van der Waals surface area (Å²) in [6, 6.07) is 0. The van der Waals surface area contributed by atoms with Crippen LogP contribution >= 0.6 is 0 Å². The molecule has 0 saturated carbocycles. The van der Waals surface area contributed by atoms with Gasteiger partial charge in [-0.05, 0) is 0 Å². The number of carbonyl (C=O) groups excluding carboxylic acids is 1. The summed E-state index contributed by atoms with van der Waals surface area (Å²) in [7, 11) is 0. The number of aliphatic hydroxyl groups excluding tert-OH is 8. The predicted octanol–water partition coefficient (Wildman–Crippen LogP) is -7.26. The molecular weight excluding hydrogens is 404 g/mol. The van der Waals surface area contributed by atoms with Gasteiger partial charge in [0.25, 0.3) is 0 Å². The van der Waals surface area contributed by atoms with Crippen LogP contribution in [0.4, 0.5) is 0 Å². The third kappa shape index (κ3) is 5.57. The summed E-state index contributed by atoms with van der Waals surface area (Å²) in [4.78, 5) is 10.6. The Bertz CT molecular complexity index is 533. The van der Waals surface area contributed by atoms with Crippen LogP contribution < -0.4 is 5.11 Å². The molecule has 0 aromatic carbocycles. The summed E-state index contributed by atoms with van der Waals surface area (Å²) < 4.78 is 20.5. The first kappa shape index (κ1) is 24.3. The van der Waals surface area contributed by atoms with Crippen LogP contribution in [0.25, 0.3) is 0 Å². The van der Waals surface area contributed by atoms with Crippen molar-refractivity contribution in [3.8, 4) is 0 Å². The highest BCUT2D eigenvalue weighted by atomic mass is 16.7. The maximum absolute atomic E-state index is 10.6. The van der Waals surface area contributed by atoms with Gasteiger partial charge >= 0.3 is 0 Å². The van der Waals surface area contributed by atoms with E-state index in [1.54, 1.807) is 0 Å². The van der Waals surface area contributed by atoms with Crippen molar-refractivity contribution in [2.75, 3.05) is 19.8 Å². The zero-order valence-corrected chi connectivity index (χ0v) is 15.0. The number of ether oxygens (including phenoxy) is 4. The number of rotatable bonds is 8. The van der Waals surface area contributed by atoms with Crippen LogP contribution in [0, 0.1) is 0 Å².